The third kappa shape index (κ3) is 4.38. The summed E-state index contributed by atoms with van der Waals surface area (Å²) in [5.41, 5.74) is 3.29. The lowest BCUT2D eigenvalue weighted by Gasteiger charge is -2.11. The van der Waals surface area contributed by atoms with Crippen molar-refractivity contribution >= 4 is 23.4 Å². The quantitative estimate of drug-likeness (QED) is 0.466. The number of aromatic nitrogens is 4. The number of hydrogen-bond acceptors (Lipinski definition) is 5. The van der Waals surface area contributed by atoms with Crippen LogP contribution in [0.1, 0.15) is 5.56 Å². The van der Waals surface area contributed by atoms with Gasteiger partial charge in [0.15, 0.2) is 11.0 Å². The first kappa shape index (κ1) is 19.8. The molecule has 0 saturated heterocycles. The maximum Gasteiger partial charge on any atom is 0.234 e. The maximum absolute atomic E-state index is 13.4. The van der Waals surface area contributed by atoms with Gasteiger partial charge in [-0.3, -0.25) is 14.3 Å². The zero-order valence-electron chi connectivity index (χ0n) is 16.1. The first-order valence-corrected chi connectivity index (χ1v) is 10.2. The summed E-state index contributed by atoms with van der Waals surface area (Å²) in [4.78, 5) is 16.5. The van der Waals surface area contributed by atoms with Crippen molar-refractivity contribution < 1.29 is 9.18 Å². The smallest absolute Gasteiger partial charge is 0.234 e. The van der Waals surface area contributed by atoms with E-state index in [-0.39, 0.29) is 17.5 Å². The molecule has 0 atom stereocenters. The molecular weight excluding hydrogens is 401 g/mol. The Kier molecular flexibility index (Phi) is 5.85. The molecule has 2 heterocycles. The first-order valence-electron chi connectivity index (χ1n) is 9.22. The number of hydrogen-bond donors (Lipinski definition) is 1. The predicted molar refractivity (Wildman–Crippen MR) is 115 cm³/mol. The zero-order chi connectivity index (χ0) is 20.9. The van der Waals surface area contributed by atoms with Gasteiger partial charge in [-0.05, 0) is 55.0 Å². The number of anilines is 1. The van der Waals surface area contributed by atoms with Gasteiger partial charge in [-0.2, -0.15) is 0 Å². The molecular formula is C22H18FN5OS. The van der Waals surface area contributed by atoms with E-state index in [1.807, 2.05) is 43.3 Å². The molecule has 4 rings (SSSR count). The maximum atomic E-state index is 13.4. The minimum Gasteiger partial charge on any atom is -0.325 e. The highest BCUT2D eigenvalue weighted by atomic mass is 32.2. The second-order valence-electron chi connectivity index (χ2n) is 6.51. The normalized spacial score (nSPS) is 10.7. The van der Waals surface area contributed by atoms with Crippen LogP contribution in [0.5, 0.6) is 0 Å². The largest absolute Gasteiger partial charge is 0.325 e. The van der Waals surface area contributed by atoms with Crippen molar-refractivity contribution in [3.8, 4) is 17.1 Å². The standard InChI is InChI=1S/C22H18FN5OS/c1-15-4-2-3-5-19(15)25-20(29)14-30-22-27-26-21(16-10-12-24-13-11-16)28(22)18-8-6-17(23)7-9-18/h2-13H,14H2,1H3,(H,25,29). The third-order valence-corrected chi connectivity index (χ3v) is 5.34. The second kappa shape index (κ2) is 8.87. The molecule has 150 valence electrons. The average molecular weight is 419 g/mol. The van der Waals surface area contributed by atoms with Crippen molar-refractivity contribution in [2.24, 2.45) is 0 Å². The van der Waals surface area contributed by atoms with E-state index in [2.05, 4.69) is 20.5 Å². The van der Waals surface area contributed by atoms with E-state index < -0.39 is 0 Å². The fourth-order valence-electron chi connectivity index (χ4n) is 2.90. The molecule has 4 aromatic rings. The summed E-state index contributed by atoms with van der Waals surface area (Å²) in [6.07, 6.45) is 3.34. The molecule has 0 aliphatic carbocycles. The van der Waals surface area contributed by atoms with Gasteiger partial charge < -0.3 is 5.32 Å². The van der Waals surface area contributed by atoms with Crippen LogP contribution in [0, 0.1) is 12.7 Å². The van der Waals surface area contributed by atoms with Crippen molar-refractivity contribution in [3.63, 3.8) is 0 Å². The number of carbonyl (C=O) groups excluding carboxylic acids is 1. The van der Waals surface area contributed by atoms with Gasteiger partial charge in [-0.15, -0.1) is 10.2 Å². The molecule has 0 aliphatic heterocycles. The van der Waals surface area contributed by atoms with Gasteiger partial charge in [0.2, 0.25) is 5.91 Å². The van der Waals surface area contributed by atoms with E-state index in [0.717, 1.165) is 16.8 Å². The molecule has 30 heavy (non-hydrogen) atoms. The van der Waals surface area contributed by atoms with Gasteiger partial charge in [0.25, 0.3) is 0 Å². The number of carbonyl (C=O) groups is 1. The third-order valence-electron chi connectivity index (χ3n) is 4.41. The van der Waals surface area contributed by atoms with Crippen LogP contribution in [0.25, 0.3) is 17.1 Å². The van der Waals surface area contributed by atoms with Gasteiger partial charge >= 0.3 is 0 Å². The highest BCUT2D eigenvalue weighted by Crippen LogP contribution is 2.28. The van der Waals surface area contributed by atoms with Crippen LogP contribution in [-0.2, 0) is 4.79 Å². The van der Waals surface area contributed by atoms with E-state index in [9.17, 15) is 9.18 Å². The van der Waals surface area contributed by atoms with Gasteiger partial charge in [-0.1, -0.05) is 30.0 Å². The highest BCUT2D eigenvalue weighted by Gasteiger charge is 2.17. The second-order valence-corrected chi connectivity index (χ2v) is 7.45. The Bertz CT molecular complexity index is 1160. The van der Waals surface area contributed by atoms with Crippen molar-refractivity contribution in [3.05, 3.63) is 84.4 Å². The Morgan fingerprint density at radius 2 is 1.77 bits per heavy atom. The van der Waals surface area contributed by atoms with E-state index >= 15 is 0 Å². The summed E-state index contributed by atoms with van der Waals surface area (Å²) in [5.74, 6) is 0.271. The van der Waals surface area contributed by atoms with Crippen molar-refractivity contribution in [1.82, 2.24) is 19.7 Å². The van der Waals surface area contributed by atoms with Crippen LogP contribution in [0.15, 0.2) is 78.2 Å². The minimum absolute atomic E-state index is 0.145. The SMILES string of the molecule is Cc1ccccc1NC(=O)CSc1nnc(-c2ccncc2)n1-c1ccc(F)cc1. The van der Waals surface area contributed by atoms with E-state index in [1.54, 1.807) is 29.1 Å². The number of thioether (sulfide) groups is 1. The predicted octanol–water partition coefficient (Wildman–Crippen LogP) is 4.51. The number of benzene rings is 2. The number of para-hydroxylation sites is 1. The molecule has 0 unspecified atom stereocenters. The molecule has 0 aliphatic rings. The van der Waals surface area contributed by atoms with Crippen molar-refractivity contribution in [2.45, 2.75) is 12.1 Å². The molecule has 8 heteroatoms. The van der Waals surface area contributed by atoms with E-state index in [4.69, 9.17) is 0 Å². The molecule has 6 nitrogen and oxygen atoms in total. The number of nitrogens with zero attached hydrogens (tertiary/aromatic N) is 4. The van der Waals surface area contributed by atoms with Gasteiger partial charge in [-0.25, -0.2) is 4.39 Å². The lowest BCUT2D eigenvalue weighted by molar-refractivity contribution is -0.113. The Labute approximate surface area is 177 Å². The Morgan fingerprint density at radius 3 is 2.50 bits per heavy atom. The summed E-state index contributed by atoms with van der Waals surface area (Å²) in [5, 5.41) is 12.0. The van der Waals surface area contributed by atoms with Crippen LogP contribution in [0.4, 0.5) is 10.1 Å². The van der Waals surface area contributed by atoms with E-state index in [1.165, 1.54) is 23.9 Å². The molecule has 2 aromatic carbocycles. The molecule has 2 aromatic heterocycles. The Balaban J connectivity index is 1.60. The summed E-state index contributed by atoms with van der Waals surface area (Å²) in [6, 6.07) is 17.3. The number of aryl methyl sites for hydroxylation is 1. The summed E-state index contributed by atoms with van der Waals surface area (Å²) in [6.45, 7) is 1.94. The average Bonchev–Trinajstić information content (AvgIpc) is 3.19. The fraction of sp³-hybridized carbons (Fsp3) is 0.0909. The molecule has 1 amide bonds. The lowest BCUT2D eigenvalue weighted by atomic mass is 10.2. The van der Waals surface area contributed by atoms with E-state index in [0.29, 0.717) is 16.7 Å². The molecule has 0 spiro atoms. The van der Waals surface area contributed by atoms with Crippen LogP contribution < -0.4 is 5.32 Å². The number of nitrogens with one attached hydrogen (secondary N) is 1. The summed E-state index contributed by atoms with van der Waals surface area (Å²) >= 11 is 1.26. The molecule has 0 saturated carbocycles. The number of rotatable bonds is 6. The van der Waals surface area contributed by atoms with Crippen LogP contribution >= 0.6 is 11.8 Å². The lowest BCUT2D eigenvalue weighted by Crippen LogP contribution is -2.15. The molecule has 0 bridgehead atoms. The first-order chi connectivity index (χ1) is 14.6. The number of amides is 1. The summed E-state index contributed by atoms with van der Waals surface area (Å²) in [7, 11) is 0. The molecule has 1 N–H and O–H groups in total. The van der Waals surface area contributed by atoms with Crippen molar-refractivity contribution in [2.75, 3.05) is 11.1 Å². The zero-order valence-corrected chi connectivity index (χ0v) is 16.9. The number of pyridine rings is 1. The molecule has 0 fully saturated rings. The van der Waals surface area contributed by atoms with Crippen LogP contribution in [0.3, 0.4) is 0 Å². The topological polar surface area (TPSA) is 72.7 Å². The fourth-order valence-corrected chi connectivity index (χ4v) is 3.66. The van der Waals surface area contributed by atoms with Gasteiger partial charge in [0, 0.05) is 29.3 Å². The Hall–Kier alpha value is -3.52. The highest BCUT2D eigenvalue weighted by molar-refractivity contribution is 7.99. The van der Waals surface area contributed by atoms with Gasteiger partial charge in [0.1, 0.15) is 5.82 Å². The summed E-state index contributed by atoms with van der Waals surface area (Å²) < 4.78 is 15.2. The van der Waals surface area contributed by atoms with Crippen LogP contribution in [-0.4, -0.2) is 31.4 Å². The van der Waals surface area contributed by atoms with Crippen molar-refractivity contribution in [1.29, 1.82) is 0 Å². The van der Waals surface area contributed by atoms with Crippen LogP contribution in [0.2, 0.25) is 0 Å². The number of halogens is 1. The monoisotopic (exact) mass is 419 g/mol. The minimum atomic E-state index is -0.330. The Morgan fingerprint density at radius 1 is 1.03 bits per heavy atom. The molecule has 0 radical (unpaired) electrons. The van der Waals surface area contributed by atoms with Gasteiger partial charge in [0.05, 0.1) is 5.75 Å².